The van der Waals surface area contributed by atoms with Crippen LogP contribution in [-0.4, -0.2) is 55.5 Å². The van der Waals surface area contributed by atoms with E-state index in [2.05, 4.69) is 22.8 Å². The lowest BCUT2D eigenvalue weighted by Gasteiger charge is -2.23. The number of alkyl carbamates (subject to hydrolysis) is 1. The molecule has 188 valence electrons. The number of rotatable bonds is 13. The summed E-state index contributed by atoms with van der Waals surface area (Å²) in [4.78, 5) is 36.8. The number of benzene rings is 2. The van der Waals surface area contributed by atoms with Crippen LogP contribution in [0.25, 0.3) is 11.1 Å². The summed E-state index contributed by atoms with van der Waals surface area (Å²) in [5.74, 6) is -1.52. The summed E-state index contributed by atoms with van der Waals surface area (Å²) in [5.41, 5.74) is 4.46. The van der Waals surface area contributed by atoms with Gasteiger partial charge in [0.25, 0.3) is 0 Å². The van der Waals surface area contributed by atoms with Crippen molar-refractivity contribution in [1.29, 1.82) is 0 Å². The molecule has 0 heterocycles. The van der Waals surface area contributed by atoms with E-state index in [9.17, 15) is 19.5 Å². The fraction of sp³-hybridized carbons (Fsp3) is 0.444. The fourth-order valence-electron chi connectivity index (χ4n) is 4.48. The molecule has 8 heteroatoms. The summed E-state index contributed by atoms with van der Waals surface area (Å²) < 4.78 is 10.7. The lowest BCUT2D eigenvalue weighted by Crippen LogP contribution is -2.50. The van der Waals surface area contributed by atoms with Crippen LogP contribution >= 0.6 is 0 Å². The van der Waals surface area contributed by atoms with E-state index < -0.39 is 30.1 Å². The maximum absolute atomic E-state index is 12.9. The third-order valence-electron chi connectivity index (χ3n) is 6.24. The molecule has 0 aliphatic heterocycles. The number of unbranched alkanes of at least 4 members (excludes halogenated alkanes) is 1. The number of methoxy groups -OCH3 is 1. The van der Waals surface area contributed by atoms with Crippen molar-refractivity contribution in [2.24, 2.45) is 0 Å². The van der Waals surface area contributed by atoms with Crippen molar-refractivity contribution in [2.75, 3.05) is 20.3 Å². The maximum atomic E-state index is 12.9. The lowest BCUT2D eigenvalue weighted by molar-refractivity contribution is -0.137. The Hall–Kier alpha value is -3.39. The number of hydrogen-bond donors (Lipinski definition) is 3. The van der Waals surface area contributed by atoms with E-state index in [4.69, 9.17) is 9.47 Å². The molecule has 0 bridgehead atoms. The van der Waals surface area contributed by atoms with Gasteiger partial charge in [0.05, 0.1) is 6.42 Å². The zero-order valence-electron chi connectivity index (χ0n) is 20.3. The molecule has 1 unspecified atom stereocenters. The van der Waals surface area contributed by atoms with Crippen LogP contribution in [0.4, 0.5) is 4.79 Å². The summed E-state index contributed by atoms with van der Waals surface area (Å²) in [6.07, 6.45) is 1.59. The highest BCUT2D eigenvalue weighted by Crippen LogP contribution is 2.44. The minimum Gasteiger partial charge on any atom is -0.481 e. The second-order valence-corrected chi connectivity index (χ2v) is 8.75. The van der Waals surface area contributed by atoms with Crippen molar-refractivity contribution in [3.05, 3.63) is 59.7 Å². The largest absolute Gasteiger partial charge is 0.481 e. The normalized spacial score (nSPS) is 13.9. The SMILES string of the molecule is CCCC[C@H](CC(=O)O)NC(=O)C(CCOC)NC(=O)OCC1c2ccccc2-c2ccccc21. The van der Waals surface area contributed by atoms with Gasteiger partial charge in [-0.15, -0.1) is 0 Å². The maximum Gasteiger partial charge on any atom is 0.407 e. The van der Waals surface area contributed by atoms with Crippen LogP contribution in [-0.2, 0) is 19.1 Å². The van der Waals surface area contributed by atoms with Crippen molar-refractivity contribution in [1.82, 2.24) is 10.6 Å². The first-order chi connectivity index (χ1) is 16.9. The number of hydrogen-bond acceptors (Lipinski definition) is 5. The van der Waals surface area contributed by atoms with E-state index in [0.717, 1.165) is 35.1 Å². The van der Waals surface area contributed by atoms with Gasteiger partial charge in [-0.25, -0.2) is 4.79 Å². The van der Waals surface area contributed by atoms with Gasteiger partial charge in [-0.3, -0.25) is 9.59 Å². The van der Waals surface area contributed by atoms with E-state index in [0.29, 0.717) is 6.42 Å². The smallest absolute Gasteiger partial charge is 0.407 e. The quantitative estimate of drug-likeness (QED) is 0.396. The molecule has 3 rings (SSSR count). The highest BCUT2D eigenvalue weighted by molar-refractivity contribution is 5.86. The van der Waals surface area contributed by atoms with Crippen molar-refractivity contribution < 1.29 is 29.0 Å². The van der Waals surface area contributed by atoms with Gasteiger partial charge in [0, 0.05) is 32.1 Å². The zero-order chi connectivity index (χ0) is 25.2. The number of aliphatic carboxylic acids is 1. The monoisotopic (exact) mass is 482 g/mol. The van der Waals surface area contributed by atoms with E-state index in [1.165, 1.54) is 7.11 Å². The number of nitrogens with one attached hydrogen (secondary N) is 2. The highest BCUT2D eigenvalue weighted by atomic mass is 16.5. The second kappa shape index (κ2) is 12.9. The van der Waals surface area contributed by atoms with Crippen LogP contribution in [0.3, 0.4) is 0 Å². The number of carbonyl (C=O) groups excluding carboxylic acids is 2. The molecule has 1 aliphatic rings. The minimum absolute atomic E-state index is 0.0895. The first kappa shape index (κ1) is 26.2. The van der Waals surface area contributed by atoms with Crippen LogP contribution < -0.4 is 10.6 Å². The average molecular weight is 483 g/mol. The van der Waals surface area contributed by atoms with E-state index in [-0.39, 0.29) is 32.0 Å². The molecule has 3 N–H and O–H groups in total. The topological polar surface area (TPSA) is 114 Å². The van der Waals surface area contributed by atoms with E-state index in [1.54, 1.807) is 0 Å². The van der Waals surface area contributed by atoms with Crippen LogP contribution in [0.2, 0.25) is 0 Å². The molecule has 2 aromatic rings. The molecule has 0 spiro atoms. The standard InChI is InChI=1S/C27H34N2O6/c1-3-4-9-18(16-25(30)31)28-26(32)24(14-15-34-2)29-27(33)35-17-23-21-12-7-5-10-19(21)20-11-6-8-13-22(20)23/h5-8,10-13,18,23-24H,3-4,9,14-17H2,1-2H3,(H,28,32)(H,29,33)(H,30,31)/t18-,24?/m1/s1. The first-order valence-electron chi connectivity index (χ1n) is 12.1. The van der Waals surface area contributed by atoms with Crippen LogP contribution in [0.15, 0.2) is 48.5 Å². The number of amides is 2. The molecule has 0 aromatic heterocycles. The molecule has 2 aromatic carbocycles. The van der Waals surface area contributed by atoms with Gasteiger partial charge in [0.2, 0.25) is 5.91 Å². The number of carboxylic acids is 1. The summed E-state index contributed by atoms with van der Waals surface area (Å²) >= 11 is 0. The van der Waals surface area contributed by atoms with Crippen molar-refractivity contribution >= 4 is 18.0 Å². The van der Waals surface area contributed by atoms with Crippen molar-refractivity contribution in [3.8, 4) is 11.1 Å². The molecule has 0 fully saturated rings. The molecular weight excluding hydrogens is 448 g/mol. The van der Waals surface area contributed by atoms with Crippen molar-refractivity contribution in [2.45, 2.75) is 57.0 Å². The van der Waals surface area contributed by atoms with Gasteiger partial charge in [-0.2, -0.15) is 0 Å². The molecule has 1 aliphatic carbocycles. The molecule has 0 saturated heterocycles. The molecule has 2 atom stereocenters. The van der Waals surface area contributed by atoms with Gasteiger partial charge in [0.15, 0.2) is 0 Å². The van der Waals surface area contributed by atoms with Gasteiger partial charge < -0.3 is 25.2 Å². The Morgan fingerprint density at radius 2 is 1.60 bits per heavy atom. The first-order valence-corrected chi connectivity index (χ1v) is 12.1. The number of carboxylic acid groups (broad SMARTS) is 1. The van der Waals surface area contributed by atoms with Gasteiger partial charge >= 0.3 is 12.1 Å². The summed E-state index contributed by atoms with van der Waals surface area (Å²) in [7, 11) is 1.51. The third-order valence-corrected chi connectivity index (χ3v) is 6.24. The lowest BCUT2D eigenvalue weighted by atomic mass is 9.98. The second-order valence-electron chi connectivity index (χ2n) is 8.75. The minimum atomic E-state index is -0.982. The Bertz CT molecular complexity index is 979. The Kier molecular flexibility index (Phi) is 9.66. The molecular formula is C27H34N2O6. The predicted octanol–water partition coefficient (Wildman–Crippen LogP) is 4.08. The summed E-state index contributed by atoms with van der Waals surface area (Å²) in [6.45, 7) is 2.39. The molecule has 2 amide bonds. The third kappa shape index (κ3) is 7.05. The number of carbonyl (C=O) groups is 3. The zero-order valence-corrected chi connectivity index (χ0v) is 20.3. The Morgan fingerprint density at radius 3 is 2.17 bits per heavy atom. The van der Waals surface area contributed by atoms with E-state index in [1.807, 2.05) is 43.3 Å². The molecule has 35 heavy (non-hydrogen) atoms. The fourth-order valence-corrected chi connectivity index (χ4v) is 4.48. The summed E-state index contributed by atoms with van der Waals surface area (Å²) in [6, 6.07) is 14.7. The number of ether oxygens (including phenoxy) is 2. The Morgan fingerprint density at radius 1 is 0.971 bits per heavy atom. The van der Waals surface area contributed by atoms with Crippen molar-refractivity contribution in [3.63, 3.8) is 0 Å². The van der Waals surface area contributed by atoms with Gasteiger partial charge in [-0.1, -0.05) is 68.3 Å². The summed E-state index contributed by atoms with van der Waals surface area (Å²) in [5, 5.41) is 14.6. The number of fused-ring (bicyclic) bond motifs is 3. The van der Waals surface area contributed by atoms with Crippen LogP contribution in [0.5, 0.6) is 0 Å². The Balaban J connectivity index is 1.63. The van der Waals surface area contributed by atoms with Crippen LogP contribution in [0, 0.1) is 0 Å². The highest BCUT2D eigenvalue weighted by Gasteiger charge is 2.30. The average Bonchev–Trinajstić information content (AvgIpc) is 3.17. The molecule has 0 saturated carbocycles. The Labute approximate surface area is 206 Å². The van der Waals surface area contributed by atoms with Gasteiger partial charge in [-0.05, 0) is 28.7 Å². The molecule has 8 nitrogen and oxygen atoms in total. The molecule has 0 radical (unpaired) electrons. The van der Waals surface area contributed by atoms with Gasteiger partial charge in [0.1, 0.15) is 12.6 Å². The predicted molar refractivity (Wildman–Crippen MR) is 132 cm³/mol. The van der Waals surface area contributed by atoms with Crippen LogP contribution in [0.1, 0.15) is 56.1 Å². The van der Waals surface area contributed by atoms with E-state index >= 15 is 0 Å².